The molecule has 144 valence electrons. The first-order valence-electron chi connectivity index (χ1n) is 9.23. The average molecular weight is 381 g/mol. The molecule has 1 amide bonds. The molecule has 2 aliphatic rings. The predicted molar refractivity (Wildman–Crippen MR) is 98.3 cm³/mol. The van der Waals surface area contributed by atoms with Crippen molar-refractivity contribution in [3.8, 4) is 0 Å². The first-order valence-corrected chi connectivity index (χ1v) is 10.7. The van der Waals surface area contributed by atoms with E-state index in [1.807, 2.05) is 4.90 Å². The van der Waals surface area contributed by atoms with Crippen LogP contribution >= 0.6 is 0 Å². The van der Waals surface area contributed by atoms with E-state index < -0.39 is 10.0 Å². The Morgan fingerprint density at radius 1 is 1.19 bits per heavy atom. The van der Waals surface area contributed by atoms with Crippen molar-refractivity contribution in [2.45, 2.75) is 49.1 Å². The second-order valence-corrected chi connectivity index (χ2v) is 8.66. The molecule has 2 fully saturated rings. The molecule has 8 heteroatoms. The summed E-state index contributed by atoms with van der Waals surface area (Å²) >= 11 is 0. The summed E-state index contributed by atoms with van der Waals surface area (Å²) < 4.78 is 32.8. The summed E-state index contributed by atoms with van der Waals surface area (Å²) in [5.74, 6) is -0.0867. The summed E-state index contributed by atoms with van der Waals surface area (Å²) in [6.45, 7) is 2.10. The molecule has 2 atom stereocenters. The zero-order valence-corrected chi connectivity index (χ0v) is 15.7. The molecule has 7 nitrogen and oxygen atoms in total. The molecule has 2 aliphatic heterocycles. The van der Waals surface area contributed by atoms with E-state index in [2.05, 4.69) is 4.72 Å². The van der Waals surface area contributed by atoms with Crippen LogP contribution < -0.4 is 10.5 Å². The molecule has 3 N–H and O–H groups in total. The number of benzene rings is 1. The molecule has 0 bridgehead atoms. The Labute approximate surface area is 154 Å². The number of carbonyl (C=O) groups excluding carboxylic acids is 1. The third kappa shape index (κ3) is 4.43. The molecular formula is C18H27N3O4S. The van der Waals surface area contributed by atoms with Gasteiger partial charge in [0.15, 0.2) is 0 Å². The SMILES string of the molecule is NCC1CCCCN1C(=O)c1ccc(S(=O)(=O)NCC2CCCO2)cc1. The number of likely N-dealkylation sites (tertiary alicyclic amines) is 1. The van der Waals surface area contributed by atoms with Crippen LogP contribution in [-0.2, 0) is 14.8 Å². The molecule has 1 aromatic carbocycles. The van der Waals surface area contributed by atoms with Gasteiger partial charge in [0, 0.05) is 37.8 Å². The van der Waals surface area contributed by atoms with Crippen LogP contribution in [0.5, 0.6) is 0 Å². The van der Waals surface area contributed by atoms with Gasteiger partial charge in [-0.1, -0.05) is 0 Å². The highest BCUT2D eigenvalue weighted by Crippen LogP contribution is 2.20. The molecule has 26 heavy (non-hydrogen) atoms. The van der Waals surface area contributed by atoms with Gasteiger partial charge < -0.3 is 15.4 Å². The van der Waals surface area contributed by atoms with E-state index in [-0.39, 0.29) is 29.5 Å². The molecule has 0 aliphatic carbocycles. The van der Waals surface area contributed by atoms with Gasteiger partial charge in [0.1, 0.15) is 0 Å². The highest BCUT2D eigenvalue weighted by atomic mass is 32.2. The van der Waals surface area contributed by atoms with Crippen molar-refractivity contribution < 1.29 is 17.9 Å². The van der Waals surface area contributed by atoms with Crippen molar-refractivity contribution in [1.82, 2.24) is 9.62 Å². The van der Waals surface area contributed by atoms with Crippen LogP contribution in [0.15, 0.2) is 29.2 Å². The normalized spacial score (nSPS) is 24.0. The highest BCUT2D eigenvalue weighted by molar-refractivity contribution is 7.89. The van der Waals surface area contributed by atoms with Gasteiger partial charge >= 0.3 is 0 Å². The summed E-state index contributed by atoms with van der Waals surface area (Å²) in [6.07, 6.45) is 4.75. The number of rotatable bonds is 6. The van der Waals surface area contributed by atoms with E-state index in [0.717, 1.165) is 32.1 Å². The maximum Gasteiger partial charge on any atom is 0.254 e. The second kappa shape index (κ2) is 8.47. The Bertz CT molecular complexity index is 714. The van der Waals surface area contributed by atoms with Crippen molar-refractivity contribution >= 4 is 15.9 Å². The molecule has 0 radical (unpaired) electrons. The van der Waals surface area contributed by atoms with Crippen LogP contribution in [0, 0.1) is 0 Å². The van der Waals surface area contributed by atoms with Gasteiger partial charge in [0.05, 0.1) is 11.0 Å². The summed E-state index contributed by atoms with van der Waals surface area (Å²) in [7, 11) is -3.61. The van der Waals surface area contributed by atoms with Crippen molar-refractivity contribution in [3.05, 3.63) is 29.8 Å². The molecule has 2 unspecified atom stereocenters. The van der Waals surface area contributed by atoms with Gasteiger partial charge in [-0.05, 0) is 56.4 Å². The third-order valence-corrected chi connectivity index (χ3v) is 6.54. The van der Waals surface area contributed by atoms with E-state index in [1.165, 1.54) is 12.1 Å². The summed E-state index contributed by atoms with van der Waals surface area (Å²) in [5.41, 5.74) is 6.27. The number of nitrogens with two attached hydrogens (primary N) is 1. The van der Waals surface area contributed by atoms with Gasteiger partial charge in [-0.2, -0.15) is 0 Å². The maximum absolute atomic E-state index is 12.7. The zero-order chi connectivity index (χ0) is 18.6. The van der Waals surface area contributed by atoms with Crippen LogP contribution in [0.4, 0.5) is 0 Å². The quantitative estimate of drug-likeness (QED) is 0.768. The van der Waals surface area contributed by atoms with Gasteiger partial charge in [-0.3, -0.25) is 4.79 Å². The standard InChI is InChI=1S/C18H27N3O4S/c19-12-15-4-1-2-10-21(15)18(22)14-6-8-17(9-7-14)26(23,24)20-13-16-5-3-11-25-16/h6-9,15-16,20H,1-5,10-13,19H2. The van der Waals surface area contributed by atoms with E-state index >= 15 is 0 Å². The smallest absolute Gasteiger partial charge is 0.254 e. The number of nitrogens with one attached hydrogen (secondary N) is 1. The van der Waals surface area contributed by atoms with E-state index in [1.54, 1.807) is 12.1 Å². The van der Waals surface area contributed by atoms with Crippen LogP contribution in [0.25, 0.3) is 0 Å². The Hall–Kier alpha value is -1.48. The molecule has 0 spiro atoms. The Kier molecular flexibility index (Phi) is 6.29. The van der Waals surface area contributed by atoms with Crippen LogP contribution in [0.3, 0.4) is 0 Å². The first kappa shape index (κ1) is 19.3. The monoisotopic (exact) mass is 381 g/mol. The van der Waals surface area contributed by atoms with Crippen molar-refractivity contribution in [3.63, 3.8) is 0 Å². The fourth-order valence-corrected chi connectivity index (χ4v) is 4.61. The highest BCUT2D eigenvalue weighted by Gasteiger charge is 2.27. The van der Waals surface area contributed by atoms with Crippen LogP contribution in [0.1, 0.15) is 42.5 Å². The van der Waals surface area contributed by atoms with Crippen molar-refractivity contribution in [1.29, 1.82) is 0 Å². The largest absolute Gasteiger partial charge is 0.377 e. The number of hydrogen-bond donors (Lipinski definition) is 2. The average Bonchev–Trinajstić information content (AvgIpc) is 3.20. The second-order valence-electron chi connectivity index (χ2n) is 6.90. The maximum atomic E-state index is 12.7. The number of hydrogen-bond acceptors (Lipinski definition) is 5. The molecule has 0 saturated carbocycles. The number of piperidine rings is 1. The van der Waals surface area contributed by atoms with Gasteiger partial charge in [-0.15, -0.1) is 0 Å². The first-order chi connectivity index (χ1) is 12.5. The molecule has 0 aromatic heterocycles. The minimum atomic E-state index is -3.61. The Balaban J connectivity index is 1.66. The Morgan fingerprint density at radius 3 is 2.62 bits per heavy atom. The lowest BCUT2D eigenvalue weighted by Crippen LogP contribution is -2.47. The molecule has 1 aromatic rings. The van der Waals surface area contributed by atoms with E-state index in [9.17, 15) is 13.2 Å². The van der Waals surface area contributed by atoms with Crippen molar-refractivity contribution in [2.75, 3.05) is 26.2 Å². The lowest BCUT2D eigenvalue weighted by atomic mass is 10.0. The number of sulfonamides is 1. The minimum absolute atomic E-state index is 0.0575. The number of carbonyl (C=O) groups is 1. The third-order valence-electron chi connectivity index (χ3n) is 5.10. The zero-order valence-electron chi connectivity index (χ0n) is 14.9. The molecule has 2 saturated heterocycles. The number of nitrogens with zero attached hydrogens (tertiary/aromatic N) is 1. The summed E-state index contributed by atoms with van der Waals surface area (Å²) in [6, 6.07) is 6.17. The van der Waals surface area contributed by atoms with Crippen LogP contribution in [-0.4, -0.2) is 57.6 Å². The fraction of sp³-hybridized carbons (Fsp3) is 0.611. The Morgan fingerprint density at radius 2 is 1.96 bits per heavy atom. The van der Waals surface area contributed by atoms with Crippen molar-refractivity contribution in [2.24, 2.45) is 5.73 Å². The number of ether oxygens (including phenoxy) is 1. The molecule has 2 heterocycles. The lowest BCUT2D eigenvalue weighted by molar-refractivity contribution is 0.0623. The predicted octanol–water partition coefficient (Wildman–Crippen LogP) is 1.10. The van der Waals surface area contributed by atoms with Gasteiger partial charge in [0.25, 0.3) is 5.91 Å². The summed E-state index contributed by atoms with van der Waals surface area (Å²) in [5, 5.41) is 0. The fourth-order valence-electron chi connectivity index (χ4n) is 3.55. The minimum Gasteiger partial charge on any atom is -0.377 e. The summed E-state index contributed by atoms with van der Waals surface area (Å²) in [4.78, 5) is 14.7. The lowest BCUT2D eigenvalue weighted by Gasteiger charge is -2.35. The van der Waals surface area contributed by atoms with Crippen LogP contribution in [0.2, 0.25) is 0 Å². The van der Waals surface area contributed by atoms with E-state index in [0.29, 0.717) is 25.3 Å². The molecular weight excluding hydrogens is 354 g/mol. The van der Waals surface area contributed by atoms with Gasteiger partial charge in [0.2, 0.25) is 10.0 Å². The van der Waals surface area contributed by atoms with E-state index in [4.69, 9.17) is 10.5 Å². The van der Waals surface area contributed by atoms with Gasteiger partial charge in [-0.25, -0.2) is 13.1 Å². The number of amides is 1. The molecule has 3 rings (SSSR count). The topological polar surface area (TPSA) is 102 Å².